The van der Waals surface area contributed by atoms with Gasteiger partial charge in [0.05, 0.1) is 13.0 Å². The fourth-order valence-electron chi connectivity index (χ4n) is 3.11. The summed E-state index contributed by atoms with van der Waals surface area (Å²) in [5.41, 5.74) is 2.97. The molecule has 0 aliphatic heterocycles. The molecule has 0 fully saturated rings. The largest absolute Gasteiger partial charge is 0.494 e. The van der Waals surface area contributed by atoms with Crippen molar-refractivity contribution in [2.24, 2.45) is 0 Å². The summed E-state index contributed by atoms with van der Waals surface area (Å²) in [5.74, 6) is 1.86. The minimum Gasteiger partial charge on any atom is -0.494 e. The molecule has 1 aromatic heterocycles. The van der Waals surface area contributed by atoms with E-state index in [-0.39, 0.29) is 5.91 Å². The Labute approximate surface area is 154 Å². The van der Waals surface area contributed by atoms with Crippen molar-refractivity contribution in [3.8, 4) is 5.75 Å². The number of para-hydroxylation sites is 1. The van der Waals surface area contributed by atoms with Gasteiger partial charge < -0.3 is 14.1 Å². The van der Waals surface area contributed by atoms with Gasteiger partial charge in [0, 0.05) is 31.0 Å². The van der Waals surface area contributed by atoms with Gasteiger partial charge in [0.25, 0.3) is 0 Å². The number of rotatable bonds is 7. The maximum absolute atomic E-state index is 12.6. The van der Waals surface area contributed by atoms with Gasteiger partial charge in [0.1, 0.15) is 17.1 Å². The fraction of sp³-hybridized carbons (Fsp3) is 0.318. The number of benzene rings is 2. The third kappa shape index (κ3) is 3.90. The molecule has 26 heavy (non-hydrogen) atoms. The maximum Gasteiger partial charge on any atom is 0.227 e. The molecule has 0 aliphatic rings. The van der Waals surface area contributed by atoms with Crippen LogP contribution in [0.4, 0.5) is 0 Å². The summed E-state index contributed by atoms with van der Waals surface area (Å²) in [6, 6.07) is 15.7. The van der Waals surface area contributed by atoms with Gasteiger partial charge in [-0.3, -0.25) is 4.79 Å². The number of aryl methyl sites for hydroxylation is 1. The zero-order chi connectivity index (χ0) is 18.5. The van der Waals surface area contributed by atoms with Gasteiger partial charge in [0.2, 0.25) is 5.91 Å². The molecule has 0 saturated heterocycles. The van der Waals surface area contributed by atoms with E-state index >= 15 is 0 Å². The first-order valence-electron chi connectivity index (χ1n) is 9.07. The lowest BCUT2D eigenvalue weighted by atomic mass is 10.1. The molecule has 0 spiro atoms. The first kappa shape index (κ1) is 18.1. The van der Waals surface area contributed by atoms with Crippen LogP contribution in [0.25, 0.3) is 11.0 Å². The molecule has 0 saturated carbocycles. The van der Waals surface area contributed by atoms with Crippen LogP contribution in [0, 0.1) is 0 Å². The van der Waals surface area contributed by atoms with Crippen molar-refractivity contribution >= 4 is 16.9 Å². The Morgan fingerprint density at radius 3 is 2.50 bits per heavy atom. The lowest BCUT2D eigenvalue weighted by Crippen LogP contribution is -2.28. The van der Waals surface area contributed by atoms with Crippen LogP contribution in [0.5, 0.6) is 5.75 Å². The molecule has 2 aromatic carbocycles. The number of nitrogens with zero attached hydrogens (tertiary/aromatic N) is 1. The Kier molecular flexibility index (Phi) is 5.61. The molecule has 0 bridgehead atoms. The number of ether oxygens (including phenoxy) is 1. The molecular formula is C22H25NO3. The van der Waals surface area contributed by atoms with Gasteiger partial charge >= 0.3 is 0 Å². The van der Waals surface area contributed by atoms with Gasteiger partial charge in [-0.25, -0.2) is 0 Å². The standard InChI is InChI=1S/C22H25NO3/c1-4-20-19(18-8-6-7-9-21(18)26-20)15-23(3)22(24)14-16-10-12-17(13-11-16)25-5-2/h6-13H,4-5,14-15H2,1-3H3. The highest BCUT2D eigenvalue weighted by atomic mass is 16.5. The second kappa shape index (κ2) is 8.09. The van der Waals surface area contributed by atoms with Gasteiger partial charge in [-0.1, -0.05) is 37.3 Å². The van der Waals surface area contributed by atoms with Crippen molar-refractivity contribution in [1.29, 1.82) is 0 Å². The van der Waals surface area contributed by atoms with E-state index in [1.54, 1.807) is 4.90 Å². The van der Waals surface area contributed by atoms with E-state index in [2.05, 4.69) is 13.0 Å². The number of amides is 1. The first-order valence-corrected chi connectivity index (χ1v) is 9.07. The highest BCUT2D eigenvalue weighted by Gasteiger charge is 2.17. The van der Waals surface area contributed by atoms with E-state index < -0.39 is 0 Å². The molecule has 136 valence electrons. The molecule has 0 unspecified atom stereocenters. The SMILES string of the molecule is CCOc1ccc(CC(=O)N(C)Cc2c(CC)oc3ccccc23)cc1. The minimum absolute atomic E-state index is 0.0847. The predicted octanol–water partition coefficient (Wildman–Crippen LogP) is 4.60. The van der Waals surface area contributed by atoms with E-state index in [4.69, 9.17) is 9.15 Å². The lowest BCUT2D eigenvalue weighted by Gasteiger charge is -2.17. The summed E-state index contributed by atoms with van der Waals surface area (Å²) in [6.45, 7) is 5.22. The van der Waals surface area contributed by atoms with Crippen LogP contribution in [-0.4, -0.2) is 24.5 Å². The normalized spacial score (nSPS) is 10.9. The average molecular weight is 351 g/mol. The van der Waals surface area contributed by atoms with Crippen molar-refractivity contribution in [2.45, 2.75) is 33.2 Å². The molecule has 1 amide bonds. The van der Waals surface area contributed by atoms with Crippen LogP contribution in [0.15, 0.2) is 52.9 Å². The Bertz CT molecular complexity index is 880. The zero-order valence-electron chi connectivity index (χ0n) is 15.6. The Morgan fingerprint density at radius 1 is 1.08 bits per heavy atom. The van der Waals surface area contributed by atoms with Crippen LogP contribution in [-0.2, 0) is 24.2 Å². The number of hydrogen-bond acceptors (Lipinski definition) is 3. The molecule has 0 atom stereocenters. The van der Waals surface area contributed by atoms with Crippen LogP contribution in [0.1, 0.15) is 30.7 Å². The topological polar surface area (TPSA) is 42.7 Å². The molecule has 0 aliphatic carbocycles. The van der Waals surface area contributed by atoms with Gasteiger partial charge in [-0.05, 0) is 30.7 Å². The molecule has 3 aromatic rings. The highest BCUT2D eigenvalue weighted by molar-refractivity contribution is 5.83. The summed E-state index contributed by atoms with van der Waals surface area (Å²) in [4.78, 5) is 14.4. The average Bonchev–Trinajstić information content (AvgIpc) is 3.01. The summed E-state index contributed by atoms with van der Waals surface area (Å²) >= 11 is 0. The molecule has 0 radical (unpaired) electrons. The van der Waals surface area contributed by atoms with Gasteiger partial charge in [-0.15, -0.1) is 0 Å². The number of carbonyl (C=O) groups excluding carboxylic acids is 1. The van der Waals surface area contributed by atoms with E-state index in [1.165, 1.54) is 0 Å². The second-order valence-corrected chi connectivity index (χ2v) is 6.36. The van der Waals surface area contributed by atoms with Crippen molar-refractivity contribution in [1.82, 2.24) is 4.90 Å². The van der Waals surface area contributed by atoms with Crippen LogP contribution < -0.4 is 4.74 Å². The van der Waals surface area contributed by atoms with Crippen molar-refractivity contribution in [3.05, 3.63) is 65.4 Å². The molecule has 4 nitrogen and oxygen atoms in total. The fourth-order valence-corrected chi connectivity index (χ4v) is 3.11. The molecule has 3 rings (SSSR count). The number of likely N-dealkylation sites (N-methyl/N-ethyl adjacent to an activating group) is 1. The summed E-state index contributed by atoms with van der Waals surface area (Å²) in [5, 5.41) is 1.09. The second-order valence-electron chi connectivity index (χ2n) is 6.36. The van der Waals surface area contributed by atoms with Crippen molar-refractivity contribution < 1.29 is 13.9 Å². The summed E-state index contributed by atoms with van der Waals surface area (Å²) in [6.07, 6.45) is 1.19. The summed E-state index contributed by atoms with van der Waals surface area (Å²) in [7, 11) is 1.85. The molecular weight excluding hydrogens is 326 g/mol. The molecule has 0 N–H and O–H groups in total. The first-order chi connectivity index (χ1) is 12.6. The predicted molar refractivity (Wildman–Crippen MR) is 103 cm³/mol. The van der Waals surface area contributed by atoms with E-state index in [0.717, 1.165) is 40.0 Å². The Morgan fingerprint density at radius 2 is 1.81 bits per heavy atom. The van der Waals surface area contributed by atoms with Crippen LogP contribution in [0.3, 0.4) is 0 Å². The van der Waals surface area contributed by atoms with E-state index in [9.17, 15) is 4.79 Å². The molecule has 1 heterocycles. The third-order valence-corrected chi connectivity index (χ3v) is 4.51. The monoisotopic (exact) mass is 351 g/mol. The van der Waals surface area contributed by atoms with Crippen molar-refractivity contribution in [3.63, 3.8) is 0 Å². The smallest absolute Gasteiger partial charge is 0.227 e. The van der Waals surface area contributed by atoms with Crippen LogP contribution >= 0.6 is 0 Å². The Balaban J connectivity index is 1.71. The number of fused-ring (bicyclic) bond motifs is 1. The quantitative estimate of drug-likeness (QED) is 0.625. The highest BCUT2D eigenvalue weighted by Crippen LogP contribution is 2.27. The number of hydrogen-bond donors (Lipinski definition) is 0. The Hall–Kier alpha value is -2.75. The minimum atomic E-state index is 0.0847. The third-order valence-electron chi connectivity index (χ3n) is 4.51. The van der Waals surface area contributed by atoms with Crippen LogP contribution in [0.2, 0.25) is 0 Å². The summed E-state index contributed by atoms with van der Waals surface area (Å²) < 4.78 is 11.4. The van der Waals surface area contributed by atoms with Gasteiger partial charge in [0.15, 0.2) is 0 Å². The van der Waals surface area contributed by atoms with E-state index in [0.29, 0.717) is 19.6 Å². The number of furan rings is 1. The maximum atomic E-state index is 12.6. The zero-order valence-corrected chi connectivity index (χ0v) is 15.6. The lowest BCUT2D eigenvalue weighted by molar-refractivity contribution is -0.129. The number of carbonyl (C=O) groups is 1. The van der Waals surface area contributed by atoms with Crippen molar-refractivity contribution in [2.75, 3.05) is 13.7 Å². The molecule has 4 heteroatoms. The van der Waals surface area contributed by atoms with E-state index in [1.807, 2.05) is 56.4 Å². The van der Waals surface area contributed by atoms with Gasteiger partial charge in [-0.2, -0.15) is 0 Å².